The summed E-state index contributed by atoms with van der Waals surface area (Å²) in [6, 6.07) is 21.2. The summed E-state index contributed by atoms with van der Waals surface area (Å²) in [5, 5.41) is 2.37. The highest BCUT2D eigenvalue weighted by Crippen LogP contribution is 2.53. The van der Waals surface area contributed by atoms with Gasteiger partial charge in [0.1, 0.15) is 6.35 Å². The highest BCUT2D eigenvalue weighted by Gasteiger charge is 2.54. The molecule has 0 amide bonds. The van der Waals surface area contributed by atoms with Crippen molar-refractivity contribution in [1.82, 2.24) is 0 Å². The first-order chi connectivity index (χ1) is 15.9. The fraction of sp³-hybridized carbons (Fsp3) is 0.556. The molecule has 0 spiro atoms. The third kappa shape index (κ3) is 6.48. The number of benzene rings is 2. The summed E-state index contributed by atoms with van der Waals surface area (Å²) < 4.78 is 38.0. The van der Waals surface area contributed by atoms with Gasteiger partial charge in [-0.1, -0.05) is 81.4 Å². The van der Waals surface area contributed by atoms with Crippen LogP contribution in [0.4, 0.5) is 0 Å². The van der Waals surface area contributed by atoms with Crippen LogP contribution in [-0.2, 0) is 22.8 Å². The van der Waals surface area contributed by atoms with Crippen molar-refractivity contribution >= 4 is 26.3 Å². The molecular weight excluding hydrogens is 463 g/mol. The van der Waals surface area contributed by atoms with E-state index in [2.05, 4.69) is 69.3 Å². The van der Waals surface area contributed by atoms with Gasteiger partial charge in [0.15, 0.2) is 0 Å². The molecule has 2 aromatic rings. The molecule has 0 unspecified atom stereocenters. The van der Waals surface area contributed by atoms with Crippen molar-refractivity contribution in [3.63, 3.8) is 0 Å². The fourth-order valence-corrected chi connectivity index (χ4v) is 10.9. The van der Waals surface area contributed by atoms with Gasteiger partial charge in [-0.05, 0) is 55.9 Å². The normalized spacial score (nSPS) is 16.3. The Hall–Kier alpha value is -1.27. The van der Waals surface area contributed by atoms with Crippen LogP contribution in [0.15, 0.2) is 60.7 Å². The molecule has 3 rings (SSSR count). The topological polar surface area (TPSA) is 54.0 Å². The van der Waals surface area contributed by atoms with Gasteiger partial charge in [-0.2, -0.15) is 0 Å². The van der Waals surface area contributed by atoms with E-state index < -0.39 is 21.5 Å². The third-order valence-corrected chi connectivity index (χ3v) is 13.0. The maximum Gasteiger partial charge on any atom is 0.356 e. The summed E-state index contributed by atoms with van der Waals surface area (Å²) in [6.45, 7) is 14.7. The van der Waals surface area contributed by atoms with Crippen molar-refractivity contribution in [3.05, 3.63) is 60.7 Å². The zero-order valence-electron chi connectivity index (χ0n) is 21.7. The smallest absolute Gasteiger partial charge is 0.356 e. The number of ether oxygens (including phenoxy) is 1. The standard InChI is InChI=1S/C27H41O5PSi/c1-22(2)31-33(28,32-23(3)4)21-29-27(18-19-27)20-30-34(26(5,6)7,24-14-10-8-11-15-24)25-16-12-9-13-17-25/h8-17,22-23H,18-21H2,1-7H3. The van der Waals surface area contributed by atoms with Gasteiger partial charge in [-0.25, -0.2) is 0 Å². The fourth-order valence-electron chi connectivity index (χ4n) is 4.42. The number of hydrogen-bond donors (Lipinski definition) is 0. The van der Waals surface area contributed by atoms with Crippen molar-refractivity contribution < 1.29 is 22.8 Å². The zero-order chi connectivity index (χ0) is 25.0. The van der Waals surface area contributed by atoms with Crippen LogP contribution in [0.3, 0.4) is 0 Å². The molecule has 0 radical (unpaired) electrons. The van der Waals surface area contributed by atoms with Gasteiger partial charge >= 0.3 is 7.60 Å². The summed E-state index contributed by atoms with van der Waals surface area (Å²) in [4.78, 5) is 0. The number of hydrogen-bond acceptors (Lipinski definition) is 5. The molecular formula is C27H41O5PSi. The molecule has 188 valence electrons. The Labute approximate surface area is 206 Å². The van der Waals surface area contributed by atoms with Crippen molar-refractivity contribution in [1.29, 1.82) is 0 Å². The molecule has 2 aromatic carbocycles. The molecule has 0 saturated heterocycles. The average Bonchev–Trinajstić information content (AvgIpc) is 3.53. The van der Waals surface area contributed by atoms with E-state index in [1.165, 1.54) is 10.4 Å². The molecule has 0 aliphatic heterocycles. The van der Waals surface area contributed by atoms with Crippen molar-refractivity contribution in [2.24, 2.45) is 0 Å². The van der Waals surface area contributed by atoms with Crippen LogP contribution >= 0.6 is 7.60 Å². The number of rotatable bonds is 12. The molecule has 0 aromatic heterocycles. The predicted molar refractivity (Wildman–Crippen MR) is 142 cm³/mol. The van der Waals surface area contributed by atoms with Crippen LogP contribution in [0.2, 0.25) is 5.04 Å². The molecule has 0 heterocycles. The molecule has 1 fully saturated rings. The quantitative estimate of drug-likeness (QED) is 0.258. The summed E-state index contributed by atoms with van der Waals surface area (Å²) in [5.41, 5.74) is -0.455. The highest BCUT2D eigenvalue weighted by atomic mass is 31.2. The van der Waals surface area contributed by atoms with Crippen LogP contribution in [0, 0.1) is 0 Å². The van der Waals surface area contributed by atoms with Crippen LogP contribution in [0.5, 0.6) is 0 Å². The molecule has 1 aliphatic carbocycles. The second-order valence-corrected chi connectivity index (χ2v) is 17.0. The Balaban J connectivity index is 1.86. The minimum absolute atomic E-state index is 0.0620. The van der Waals surface area contributed by atoms with E-state index in [1.807, 2.05) is 39.8 Å². The minimum atomic E-state index is -3.37. The van der Waals surface area contributed by atoms with Crippen molar-refractivity contribution in [2.45, 2.75) is 84.2 Å². The Morgan fingerprint density at radius 2 is 1.29 bits per heavy atom. The molecule has 0 atom stereocenters. The Bertz CT molecular complexity index is 898. The van der Waals surface area contributed by atoms with Gasteiger partial charge in [-0.15, -0.1) is 0 Å². The van der Waals surface area contributed by atoms with E-state index in [0.717, 1.165) is 12.8 Å². The predicted octanol–water partition coefficient (Wildman–Crippen LogP) is 6.11. The van der Waals surface area contributed by atoms with Gasteiger partial charge in [0, 0.05) is 0 Å². The van der Waals surface area contributed by atoms with Crippen LogP contribution in [0.1, 0.15) is 61.3 Å². The molecule has 1 saturated carbocycles. The van der Waals surface area contributed by atoms with E-state index in [1.54, 1.807) is 0 Å². The Morgan fingerprint density at radius 3 is 1.65 bits per heavy atom. The Morgan fingerprint density at radius 1 is 0.853 bits per heavy atom. The molecule has 0 bridgehead atoms. The maximum atomic E-state index is 13.3. The summed E-state index contributed by atoms with van der Waals surface area (Å²) in [5.74, 6) is 0. The van der Waals surface area contributed by atoms with E-state index in [-0.39, 0.29) is 23.6 Å². The third-order valence-electron chi connectivity index (χ3n) is 6.05. The van der Waals surface area contributed by atoms with Gasteiger partial charge in [0.25, 0.3) is 8.32 Å². The molecule has 0 N–H and O–H groups in total. The first kappa shape index (κ1) is 27.3. The van der Waals surface area contributed by atoms with E-state index in [9.17, 15) is 4.57 Å². The monoisotopic (exact) mass is 504 g/mol. The lowest BCUT2D eigenvalue weighted by atomic mass is 10.2. The summed E-state index contributed by atoms with van der Waals surface area (Å²) >= 11 is 0. The molecule has 1 aliphatic rings. The maximum absolute atomic E-state index is 13.3. The Kier molecular flexibility index (Phi) is 8.66. The first-order valence-corrected chi connectivity index (χ1v) is 15.9. The average molecular weight is 505 g/mol. The minimum Gasteiger partial charge on any atom is -0.404 e. The first-order valence-electron chi connectivity index (χ1n) is 12.3. The van der Waals surface area contributed by atoms with Gasteiger partial charge in [-0.3, -0.25) is 4.57 Å². The summed E-state index contributed by atoms with van der Waals surface area (Å²) in [6.07, 6.45) is 1.25. The van der Waals surface area contributed by atoms with Crippen molar-refractivity contribution in [3.8, 4) is 0 Å². The highest BCUT2D eigenvalue weighted by molar-refractivity contribution is 7.53. The molecule has 34 heavy (non-hydrogen) atoms. The van der Waals surface area contributed by atoms with Crippen molar-refractivity contribution in [2.75, 3.05) is 13.0 Å². The second-order valence-electron chi connectivity index (χ2n) is 10.8. The van der Waals surface area contributed by atoms with Crippen LogP contribution in [0.25, 0.3) is 0 Å². The second kappa shape index (κ2) is 10.8. The largest absolute Gasteiger partial charge is 0.404 e. The van der Waals surface area contributed by atoms with Crippen LogP contribution < -0.4 is 10.4 Å². The zero-order valence-corrected chi connectivity index (χ0v) is 23.6. The SMILES string of the molecule is CC(C)OP(=O)(COC1(CO[Si](c2ccccc2)(c2ccccc2)C(C)(C)C)CC1)OC(C)C. The van der Waals surface area contributed by atoms with E-state index >= 15 is 0 Å². The lowest BCUT2D eigenvalue weighted by molar-refractivity contribution is 0.00605. The van der Waals surface area contributed by atoms with E-state index in [0.29, 0.717) is 6.61 Å². The lowest BCUT2D eigenvalue weighted by Crippen LogP contribution is -2.67. The summed E-state index contributed by atoms with van der Waals surface area (Å²) in [7, 11) is -6.03. The van der Waals surface area contributed by atoms with E-state index in [4.69, 9.17) is 18.2 Å². The van der Waals surface area contributed by atoms with Crippen LogP contribution in [-0.4, -0.2) is 39.1 Å². The van der Waals surface area contributed by atoms with Gasteiger partial charge in [0.2, 0.25) is 0 Å². The van der Waals surface area contributed by atoms with Gasteiger partial charge in [0.05, 0.1) is 24.4 Å². The van der Waals surface area contributed by atoms with Gasteiger partial charge < -0.3 is 18.2 Å². The lowest BCUT2D eigenvalue weighted by Gasteiger charge is -2.43. The molecule has 5 nitrogen and oxygen atoms in total. The molecule has 7 heteroatoms.